The van der Waals surface area contributed by atoms with Crippen LogP contribution in [0.4, 0.5) is 8.78 Å². The van der Waals surface area contributed by atoms with E-state index in [1.54, 1.807) is 13.8 Å². The maximum absolute atomic E-state index is 13.0. The van der Waals surface area contributed by atoms with Crippen molar-refractivity contribution in [1.82, 2.24) is 5.32 Å². The molecule has 0 aliphatic carbocycles. The lowest BCUT2D eigenvalue weighted by Crippen LogP contribution is -2.36. The standard InChI is InChI=1S/C12H15F2NO2/c1-7(15-8(2)12(16)17-3)9-4-5-10(13)11(14)6-9/h4-8,15H,1-3H3/t7?,8-/m0/s1. The monoisotopic (exact) mass is 243 g/mol. The molecule has 5 heteroatoms. The first-order valence-electron chi connectivity index (χ1n) is 5.24. The average Bonchev–Trinajstić information content (AvgIpc) is 2.31. The number of carbonyl (C=O) groups is 1. The maximum Gasteiger partial charge on any atom is 0.322 e. The molecule has 17 heavy (non-hydrogen) atoms. The molecule has 2 atom stereocenters. The van der Waals surface area contributed by atoms with Gasteiger partial charge in [-0.05, 0) is 31.5 Å². The van der Waals surface area contributed by atoms with Crippen molar-refractivity contribution in [2.24, 2.45) is 0 Å². The molecular formula is C12H15F2NO2. The van der Waals surface area contributed by atoms with Crippen LogP contribution in [0.3, 0.4) is 0 Å². The van der Waals surface area contributed by atoms with Crippen molar-refractivity contribution >= 4 is 5.97 Å². The molecule has 0 aliphatic rings. The third-order valence-electron chi connectivity index (χ3n) is 2.50. The number of methoxy groups -OCH3 is 1. The number of carbonyl (C=O) groups excluding carboxylic acids is 1. The lowest BCUT2D eigenvalue weighted by atomic mass is 10.1. The highest BCUT2D eigenvalue weighted by Gasteiger charge is 2.17. The summed E-state index contributed by atoms with van der Waals surface area (Å²) in [5.41, 5.74) is 0.569. The molecule has 1 aromatic carbocycles. The van der Waals surface area contributed by atoms with E-state index in [0.717, 1.165) is 12.1 Å². The Bertz CT molecular complexity index is 409. The zero-order valence-corrected chi connectivity index (χ0v) is 9.96. The topological polar surface area (TPSA) is 38.3 Å². The van der Waals surface area contributed by atoms with Crippen molar-refractivity contribution in [3.05, 3.63) is 35.4 Å². The summed E-state index contributed by atoms with van der Waals surface area (Å²) in [4.78, 5) is 11.2. The van der Waals surface area contributed by atoms with E-state index < -0.39 is 23.6 Å². The van der Waals surface area contributed by atoms with Crippen molar-refractivity contribution in [2.45, 2.75) is 25.9 Å². The average molecular weight is 243 g/mol. The van der Waals surface area contributed by atoms with E-state index in [1.165, 1.54) is 13.2 Å². The number of benzene rings is 1. The Morgan fingerprint density at radius 3 is 2.47 bits per heavy atom. The van der Waals surface area contributed by atoms with Crippen LogP contribution in [-0.2, 0) is 9.53 Å². The Morgan fingerprint density at radius 2 is 1.94 bits per heavy atom. The fourth-order valence-corrected chi connectivity index (χ4v) is 1.50. The number of hydrogen-bond donors (Lipinski definition) is 1. The Kier molecular flexibility index (Phi) is 4.57. The molecule has 0 amide bonds. The van der Waals surface area contributed by atoms with E-state index >= 15 is 0 Å². The molecule has 94 valence electrons. The van der Waals surface area contributed by atoms with Gasteiger partial charge in [0.15, 0.2) is 11.6 Å². The summed E-state index contributed by atoms with van der Waals surface area (Å²) >= 11 is 0. The first-order valence-corrected chi connectivity index (χ1v) is 5.24. The van der Waals surface area contributed by atoms with Gasteiger partial charge in [-0.3, -0.25) is 10.1 Å². The van der Waals surface area contributed by atoms with Crippen molar-refractivity contribution in [3.63, 3.8) is 0 Å². The van der Waals surface area contributed by atoms with Gasteiger partial charge in [-0.25, -0.2) is 8.78 Å². The van der Waals surface area contributed by atoms with E-state index in [2.05, 4.69) is 10.1 Å². The van der Waals surface area contributed by atoms with Crippen LogP contribution < -0.4 is 5.32 Å². The lowest BCUT2D eigenvalue weighted by molar-refractivity contribution is -0.142. The van der Waals surface area contributed by atoms with Crippen molar-refractivity contribution in [2.75, 3.05) is 7.11 Å². The van der Waals surface area contributed by atoms with Gasteiger partial charge in [0.05, 0.1) is 7.11 Å². The van der Waals surface area contributed by atoms with Gasteiger partial charge in [0.1, 0.15) is 6.04 Å². The number of nitrogens with one attached hydrogen (secondary N) is 1. The van der Waals surface area contributed by atoms with Gasteiger partial charge < -0.3 is 4.74 Å². The van der Waals surface area contributed by atoms with Gasteiger partial charge in [0.2, 0.25) is 0 Å². The van der Waals surface area contributed by atoms with E-state index in [1.807, 2.05) is 0 Å². The van der Waals surface area contributed by atoms with E-state index in [0.29, 0.717) is 5.56 Å². The second-order valence-electron chi connectivity index (χ2n) is 3.81. The highest BCUT2D eigenvalue weighted by molar-refractivity contribution is 5.75. The minimum Gasteiger partial charge on any atom is -0.468 e. The number of esters is 1. The molecule has 0 saturated heterocycles. The quantitative estimate of drug-likeness (QED) is 0.824. The van der Waals surface area contributed by atoms with Gasteiger partial charge in [-0.2, -0.15) is 0 Å². The van der Waals surface area contributed by atoms with Crippen molar-refractivity contribution in [1.29, 1.82) is 0 Å². The van der Waals surface area contributed by atoms with Crippen LogP contribution in [0.25, 0.3) is 0 Å². The molecule has 1 rings (SSSR count). The molecule has 0 fully saturated rings. The molecule has 0 heterocycles. The Balaban J connectivity index is 2.72. The van der Waals surface area contributed by atoms with Crippen LogP contribution in [0.15, 0.2) is 18.2 Å². The largest absolute Gasteiger partial charge is 0.468 e. The minimum atomic E-state index is -0.901. The third kappa shape index (κ3) is 3.49. The predicted octanol–water partition coefficient (Wildman–Crippen LogP) is 2.18. The minimum absolute atomic E-state index is 0.279. The van der Waals surface area contributed by atoms with Gasteiger partial charge in [0.25, 0.3) is 0 Å². The van der Waals surface area contributed by atoms with Gasteiger partial charge in [-0.15, -0.1) is 0 Å². The summed E-state index contributed by atoms with van der Waals surface area (Å²) in [7, 11) is 1.29. The molecule has 1 N–H and O–H groups in total. The first kappa shape index (κ1) is 13.6. The summed E-state index contributed by atoms with van der Waals surface area (Å²) in [5.74, 6) is -2.19. The van der Waals surface area contributed by atoms with E-state index in [4.69, 9.17) is 0 Å². The Hall–Kier alpha value is -1.49. The molecule has 0 saturated carbocycles. The summed E-state index contributed by atoms with van der Waals surface area (Å²) in [6.45, 7) is 3.40. The van der Waals surface area contributed by atoms with Gasteiger partial charge in [-0.1, -0.05) is 6.07 Å². The fourth-order valence-electron chi connectivity index (χ4n) is 1.50. The van der Waals surface area contributed by atoms with Crippen LogP contribution in [0.1, 0.15) is 25.5 Å². The van der Waals surface area contributed by atoms with Crippen LogP contribution in [0, 0.1) is 11.6 Å². The number of ether oxygens (including phenoxy) is 1. The molecule has 3 nitrogen and oxygen atoms in total. The van der Waals surface area contributed by atoms with E-state index in [9.17, 15) is 13.6 Å². The van der Waals surface area contributed by atoms with Crippen LogP contribution in [-0.4, -0.2) is 19.1 Å². The molecule has 0 bridgehead atoms. The summed E-state index contributed by atoms with van der Waals surface area (Å²) < 4.78 is 30.3. The fraction of sp³-hybridized carbons (Fsp3) is 0.417. The number of rotatable bonds is 4. The van der Waals surface area contributed by atoms with Gasteiger partial charge >= 0.3 is 5.97 Å². The first-order chi connectivity index (χ1) is 7.95. The number of hydrogen-bond acceptors (Lipinski definition) is 3. The molecule has 0 aliphatic heterocycles. The molecule has 0 radical (unpaired) electrons. The molecular weight excluding hydrogens is 228 g/mol. The van der Waals surface area contributed by atoms with Gasteiger partial charge in [0, 0.05) is 6.04 Å². The second kappa shape index (κ2) is 5.72. The number of halogens is 2. The normalized spacial score (nSPS) is 14.2. The molecule has 0 spiro atoms. The summed E-state index contributed by atoms with van der Waals surface area (Å²) in [6.07, 6.45) is 0. The van der Waals surface area contributed by atoms with Crippen LogP contribution in [0.2, 0.25) is 0 Å². The SMILES string of the molecule is COC(=O)[C@H](C)NC(C)c1ccc(F)c(F)c1. The second-order valence-corrected chi connectivity index (χ2v) is 3.81. The van der Waals surface area contributed by atoms with Crippen LogP contribution in [0.5, 0.6) is 0 Å². The van der Waals surface area contributed by atoms with Crippen molar-refractivity contribution < 1.29 is 18.3 Å². The maximum atomic E-state index is 13.0. The van der Waals surface area contributed by atoms with E-state index in [-0.39, 0.29) is 6.04 Å². The van der Waals surface area contributed by atoms with Crippen LogP contribution >= 0.6 is 0 Å². The predicted molar refractivity (Wildman–Crippen MR) is 59.4 cm³/mol. The zero-order valence-electron chi connectivity index (χ0n) is 9.96. The molecule has 0 aromatic heterocycles. The Labute approximate surface area is 98.8 Å². The molecule has 1 unspecified atom stereocenters. The smallest absolute Gasteiger partial charge is 0.322 e. The van der Waals surface area contributed by atoms with Crippen molar-refractivity contribution in [3.8, 4) is 0 Å². The molecule has 1 aromatic rings. The highest BCUT2D eigenvalue weighted by Crippen LogP contribution is 2.16. The highest BCUT2D eigenvalue weighted by atomic mass is 19.2. The summed E-state index contributed by atoms with van der Waals surface area (Å²) in [6, 6.07) is 2.85. The Morgan fingerprint density at radius 1 is 1.29 bits per heavy atom. The summed E-state index contributed by atoms with van der Waals surface area (Å²) in [5, 5.41) is 2.93. The zero-order chi connectivity index (χ0) is 13.0. The third-order valence-corrected chi connectivity index (χ3v) is 2.50. The lowest BCUT2D eigenvalue weighted by Gasteiger charge is -2.18.